The standard InChI is InChI=1S/C18H15F4N3O2S/c1-25-10-9-23-17(25)16(14-7-2-3-8-15(14)19)24-28(26,27)13-6-4-5-12(11-13)18(20,21)22/h2-11,16,24H,1H3. The molecule has 0 aliphatic carbocycles. The zero-order valence-electron chi connectivity index (χ0n) is 14.5. The van der Waals surface area contributed by atoms with Crippen LogP contribution in [-0.2, 0) is 23.2 Å². The Kier molecular flexibility index (Phi) is 5.26. The monoisotopic (exact) mass is 413 g/mol. The molecule has 0 bridgehead atoms. The minimum atomic E-state index is -4.70. The van der Waals surface area contributed by atoms with E-state index in [0.29, 0.717) is 6.07 Å². The molecule has 0 fully saturated rings. The van der Waals surface area contributed by atoms with Crippen molar-refractivity contribution in [3.8, 4) is 0 Å². The lowest BCUT2D eigenvalue weighted by atomic mass is 10.1. The fraction of sp³-hybridized carbons (Fsp3) is 0.167. The van der Waals surface area contributed by atoms with Gasteiger partial charge in [0.15, 0.2) is 0 Å². The van der Waals surface area contributed by atoms with Gasteiger partial charge in [-0.25, -0.2) is 17.8 Å². The number of hydrogen-bond acceptors (Lipinski definition) is 3. The van der Waals surface area contributed by atoms with Crippen LogP contribution >= 0.6 is 0 Å². The summed E-state index contributed by atoms with van der Waals surface area (Å²) in [5, 5.41) is 0. The molecule has 148 valence electrons. The zero-order chi connectivity index (χ0) is 20.5. The van der Waals surface area contributed by atoms with E-state index in [1.54, 1.807) is 13.2 Å². The highest BCUT2D eigenvalue weighted by Gasteiger charge is 2.33. The molecule has 3 rings (SSSR count). The van der Waals surface area contributed by atoms with Gasteiger partial charge in [-0.2, -0.15) is 17.9 Å². The molecule has 0 saturated carbocycles. The molecule has 0 aliphatic rings. The van der Waals surface area contributed by atoms with Crippen LogP contribution in [0.15, 0.2) is 65.8 Å². The molecule has 3 aromatic rings. The summed E-state index contributed by atoms with van der Waals surface area (Å²) in [7, 11) is -2.83. The first-order chi connectivity index (χ1) is 13.1. The molecule has 1 unspecified atom stereocenters. The number of imidazole rings is 1. The Labute approximate surface area is 158 Å². The molecular weight excluding hydrogens is 398 g/mol. The summed E-state index contributed by atoms with van der Waals surface area (Å²) in [6, 6.07) is 7.59. The average molecular weight is 413 g/mol. The van der Waals surface area contributed by atoms with E-state index in [9.17, 15) is 26.0 Å². The molecule has 28 heavy (non-hydrogen) atoms. The van der Waals surface area contributed by atoms with E-state index in [4.69, 9.17) is 0 Å². The minimum Gasteiger partial charge on any atom is -0.336 e. The lowest BCUT2D eigenvalue weighted by Gasteiger charge is -2.20. The van der Waals surface area contributed by atoms with Crippen molar-refractivity contribution >= 4 is 10.0 Å². The Morgan fingerprint density at radius 3 is 2.43 bits per heavy atom. The highest BCUT2D eigenvalue weighted by Crippen LogP contribution is 2.31. The fourth-order valence-electron chi connectivity index (χ4n) is 2.68. The van der Waals surface area contributed by atoms with Crippen LogP contribution in [0.2, 0.25) is 0 Å². The van der Waals surface area contributed by atoms with Crippen molar-refractivity contribution in [2.24, 2.45) is 7.05 Å². The first-order valence-corrected chi connectivity index (χ1v) is 9.49. The van der Waals surface area contributed by atoms with E-state index < -0.39 is 38.5 Å². The highest BCUT2D eigenvalue weighted by atomic mass is 32.2. The van der Waals surface area contributed by atoms with Gasteiger partial charge in [-0.05, 0) is 24.3 Å². The van der Waals surface area contributed by atoms with E-state index in [0.717, 1.165) is 24.3 Å². The van der Waals surface area contributed by atoms with Gasteiger partial charge in [-0.1, -0.05) is 24.3 Å². The maximum atomic E-state index is 14.3. The SMILES string of the molecule is Cn1ccnc1C(NS(=O)(=O)c1cccc(C(F)(F)F)c1)c1ccccc1F. The summed E-state index contributed by atoms with van der Waals surface area (Å²) in [6.07, 6.45) is -1.75. The molecule has 0 radical (unpaired) electrons. The predicted octanol–water partition coefficient (Wildman–Crippen LogP) is 3.65. The van der Waals surface area contributed by atoms with Crippen LogP contribution in [0.25, 0.3) is 0 Å². The molecule has 10 heteroatoms. The van der Waals surface area contributed by atoms with Crippen molar-refractivity contribution < 1.29 is 26.0 Å². The third-order valence-corrected chi connectivity index (χ3v) is 5.50. The second-order valence-electron chi connectivity index (χ2n) is 6.00. The van der Waals surface area contributed by atoms with Crippen molar-refractivity contribution in [3.63, 3.8) is 0 Å². The lowest BCUT2D eigenvalue weighted by Crippen LogP contribution is -2.32. The normalized spacial score (nSPS) is 13.5. The molecule has 1 aromatic heterocycles. The molecule has 1 atom stereocenters. The first kappa shape index (κ1) is 20.0. The number of rotatable bonds is 5. The third-order valence-electron chi connectivity index (χ3n) is 4.08. The second kappa shape index (κ2) is 7.36. The Bertz CT molecular complexity index is 1090. The Balaban J connectivity index is 2.06. The van der Waals surface area contributed by atoms with Gasteiger partial charge in [0.2, 0.25) is 10.0 Å². The van der Waals surface area contributed by atoms with Crippen LogP contribution in [0.3, 0.4) is 0 Å². The number of aryl methyl sites for hydroxylation is 1. The van der Waals surface area contributed by atoms with E-state index in [1.165, 1.54) is 29.0 Å². The summed E-state index contributed by atoms with van der Waals surface area (Å²) in [5.74, 6) is -0.497. The van der Waals surface area contributed by atoms with Crippen LogP contribution in [0.4, 0.5) is 17.6 Å². The summed E-state index contributed by atoms with van der Waals surface area (Å²) in [6.45, 7) is 0. The first-order valence-electron chi connectivity index (χ1n) is 8.01. The third kappa shape index (κ3) is 4.07. The number of aromatic nitrogens is 2. The molecule has 0 amide bonds. The molecule has 5 nitrogen and oxygen atoms in total. The topological polar surface area (TPSA) is 64.0 Å². The van der Waals surface area contributed by atoms with Gasteiger partial charge in [-0.3, -0.25) is 0 Å². The van der Waals surface area contributed by atoms with Crippen LogP contribution in [-0.4, -0.2) is 18.0 Å². The Hall–Kier alpha value is -2.72. The summed E-state index contributed by atoms with van der Waals surface area (Å²) in [5.41, 5.74) is -1.11. The maximum Gasteiger partial charge on any atom is 0.416 e. The largest absolute Gasteiger partial charge is 0.416 e. The number of hydrogen-bond donors (Lipinski definition) is 1. The number of halogens is 4. The van der Waals surface area contributed by atoms with Crippen molar-refractivity contribution in [2.45, 2.75) is 17.1 Å². The molecule has 1 heterocycles. The minimum absolute atomic E-state index is 0.00708. The van der Waals surface area contributed by atoms with Gasteiger partial charge >= 0.3 is 6.18 Å². The van der Waals surface area contributed by atoms with Gasteiger partial charge in [0.1, 0.15) is 17.7 Å². The van der Waals surface area contributed by atoms with Crippen LogP contribution in [0.1, 0.15) is 23.0 Å². The van der Waals surface area contributed by atoms with Gasteiger partial charge in [0, 0.05) is 25.0 Å². The highest BCUT2D eigenvalue weighted by molar-refractivity contribution is 7.89. The quantitative estimate of drug-likeness (QED) is 0.650. The number of alkyl halides is 3. The van der Waals surface area contributed by atoms with Crippen LogP contribution < -0.4 is 4.72 Å². The van der Waals surface area contributed by atoms with E-state index in [-0.39, 0.29) is 11.4 Å². The van der Waals surface area contributed by atoms with E-state index in [2.05, 4.69) is 9.71 Å². The number of benzene rings is 2. The Morgan fingerprint density at radius 2 is 1.82 bits per heavy atom. The van der Waals surface area contributed by atoms with E-state index >= 15 is 0 Å². The molecule has 0 saturated heterocycles. The second-order valence-corrected chi connectivity index (χ2v) is 7.71. The Morgan fingerprint density at radius 1 is 1.11 bits per heavy atom. The number of nitrogens with zero attached hydrogens (tertiary/aromatic N) is 2. The lowest BCUT2D eigenvalue weighted by molar-refractivity contribution is -0.137. The maximum absolute atomic E-state index is 14.3. The van der Waals surface area contributed by atoms with Crippen LogP contribution in [0, 0.1) is 5.82 Å². The van der Waals surface area contributed by atoms with Gasteiger partial charge in [0.25, 0.3) is 0 Å². The average Bonchev–Trinajstić information content (AvgIpc) is 3.06. The van der Waals surface area contributed by atoms with Crippen molar-refractivity contribution in [1.82, 2.24) is 14.3 Å². The van der Waals surface area contributed by atoms with Gasteiger partial charge in [0.05, 0.1) is 10.5 Å². The summed E-state index contributed by atoms with van der Waals surface area (Å²) >= 11 is 0. The van der Waals surface area contributed by atoms with Gasteiger partial charge < -0.3 is 4.57 Å². The van der Waals surface area contributed by atoms with Crippen molar-refractivity contribution in [2.75, 3.05) is 0 Å². The van der Waals surface area contributed by atoms with Crippen LogP contribution in [0.5, 0.6) is 0 Å². The molecule has 0 spiro atoms. The van der Waals surface area contributed by atoms with Crippen molar-refractivity contribution in [1.29, 1.82) is 0 Å². The molecule has 1 N–H and O–H groups in total. The molecule has 2 aromatic carbocycles. The van der Waals surface area contributed by atoms with Gasteiger partial charge in [-0.15, -0.1) is 0 Å². The number of sulfonamides is 1. The zero-order valence-corrected chi connectivity index (χ0v) is 15.3. The summed E-state index contributed by atoms with van der Waals surface area (Å²) < 4.78 is 82.5. The van der Waals surface area contributed by atoms with E-state index in [1.807, 2.05) is 0 Å². The fourth-order valence-corrected chi connectivity index (χ4v) is 3.90. The predicted molar refractivity (Wildman–Crippen MR) is 93.2 cm³/mol. The van der Waals surface area contributed by atoms with Crippen molar-refractivity contribution in [3.05, 3.63) is 83.7 Å². The molecular formula is C18H15F4N3O2S. The number of nitrogens with one attached hydrogen (secondary N) is 1. The molecule has 0 aliphatic heterocycles. The smallest absolute Gasteiger partial charge is 0.336 e. The summed E-state index contributed by atoms with van der Waals surface area (Å²) in [4.78, 5) is 3.47.